The number of carbonyl (C=O) groups is 3. The van der Waals surface area contributed by atoms with Crippen LogP contribution in [0.25, 0.3) is 22.1 Å². The number of carbonyl (C=O) groups excluding carboxylic acids is 3. The normalized spacial score (nSPS) is 16.2. The number of ketones is 1. The van der Waals surface area contributed by atoms with Gasteiger partial charge in [0.2, 0.25) is 0 Å². The third-order valence-electron chi connectivity index (χ3n) is 10.3. The van der Waals surface area contributed by atoms with E-state index in [0.717, 1.165) is 62.9 Å². The minimum Gasteiger partial charge on any atom is -0.383 e. The monoisotopic (exact) mass is 732 g/mol. The van der Waals surface area contributed by atoms with Crippen LogP contribution in [0.3, 0.4) is 0 Å². The summed E-state index contributed by atoms with van der Waals surface area (Å²) in [5.74, 6) is 0.584. The summed E-state index contributed by atoms with van der Waals surface area (Å²) in [6.45, 7) is 15.6. The fourth-order valence-electron chi connectivity index (χ4n) is 7.18. The highest BCUT2D eigenvalue weighted by atomic mass is 16.3. The summed E-state index contributed by atoms with van der Waals surface area (Å²) in [7, 11) is 0. The van der Waals surface area contributed by atoms with Gasteiger partial charge in [0.25, 0.3) is 0 Å². The van der Waals surface area contributed by atoms with Crippen LogP contribution in [0.2, 0.25) is 0 Å². The molecular formula is C39H56N8O6. The first-order valence-corrected chi connectivity index (χ1v) is 18.9. The molecule has 2 saturated heterocycles. The number of aromatic nitrogens is 4. The average molecular weight is 733 g/mol. The summed E-state index contributed by atoms with van der Waals surface area (Å²) >= 11 is 0. The van der Waals surface area contributed by atoms with Gasteiger partial charge in [-0.05, 0) is 130 Å². The predicted octanol–water partition coefficient (Wildman–Crippen LogP) is 3.93. The Balaban J connectivity index is 0.000000211. The van der Waals surface area contributed by atoms with Crippen LogP contribution < -0.4 is 27.3 Å². The number of piperidine rings is 2. The van der Waals surface area contributed by atoms with Gasteiger partial charge in [0, 0.05) is 25.2 Å². The van der Waals surface area contributed by atoms with Crippen molar-refractivity contribution in [3.8, 4) is 0 Å². The molecule has 2 fully saturated rings. The van der Waals surface area contributed by atoms with E-state index >= 15 is 0 Å². The Morgan fingerprint density at radius 1 is 0.717 bits per heavy atom. The van der Waals surface area contributed by atoms with E-state index in [1.165, 1.54) is 23.0 Å². The van der Waals surface area contributed by atoms with Crippen LogP contribution in [0.5, 0.6) is 0 Å². The number of hydrogen-bond donors (Lipinski definition) is 4. The number of imidazole rings is 2. The summed E-state index contributed by atoms with van der Waals surface area (Å²) < 4.78 is 5.77. The molecule has 0 radical (unpaired) electrons. The number of amides is 2. The SMILES string of the molecule is CC(C)n1c(=O)n(C(=O)NCC2CCN(CC(=O)C(C)(C)O)CC2)c2ccccc21.CC(C)n1c(=O)n(C(=O)NCC2CCNCC2)c2ccccc21. The second-order valence-electron chi connectivity index (χ2n) is 15.4. The number of benzene rings is 2. The number of fused-ring (bicyclic) bond motifs is 2. The largest absolute Gasteiger partial charge is 0.383 e. The van der Waals surface area contributed by atoms with E-state index in [-0.39, 0.29) is 47.7 Å². The van der Waals surface area contributed by atoms with Crippen LogP contribution in [-0.4, -0.2) is 97.5 Å². The molecule has 4 heterocycles. The molecule has 0 bridgehead atoms. The molecule has 6 rings (SSSR count). The number of aliphatic hydroxyl groups is 1. The highest BCUT2D eigenvalue weighted by molar-refractivity contribution is 5.90. The lowest BCUT2D eigenvalue weighted by atomic mass is 9.95. The van der Waals surface area contributed by atoms with E-state index < -0.39 is 11.6 Å². The van der Waals surface area contributed by atoms with Gasteiger partial charge in [-0.1, -0.05) is 24.3 Å². The van der Waals surface area contributed by atoms with Gasteiger partial charge in [0.1, 0.15) is 5.60 Å². The molecule has 2 aliphatic rings. The molecule has 0 spiro atoms. The fraction of sp³-hybridized carbons (Fsp3) is 0.564. The molecule has 288 valence electrons. The van der Waals surface area contributed by atoms with Crippen LogP contribution in [0, 0.1) is 11.8 Å². The number of hydrogen-bond acceptors (Lipinski definition) is 8. The standard InChI is InChI=1S/C22H32N4O4.C17H24N4O2/c1-15(2)25-17-7-5-6-8-18(17)26(21(25)29)20(28)23-13-16-9-11-24(12-10-16)14-19(27)22(3,4)30;1-12(2)20-14-5-3-4-6-15(14)21(17(20)23)16(22)19-11-13-7-9-18-10-8-13/h5-8,15-16,30H,9-14H2,1-4H3,(H,23,28);3-6,12-13,18H,7-11H2,1-2H3,(H,19,22). The fourth-order valence-corrected chi connectivity index (χ4v) is 7.18. The van der Waals surface area contributed by atoms with Crippen molar-refractivity contribution in [1.82, 2.24) is 39.1 Å². The first kappa shape index (κ1) is 39.7. The Morgan fingerprint density at radius 3 is 1.51 bits per heavy atom. The van der Waals surface area contributed by atoms with Gasteiger partial charge in [0.15, 0.2) is 5.78 Å². The Bertz CT molecular complexity index is 2020. The quantitative estimate of drug-likeness (QED) is 0.201. The number of Topliss-reactive ketones (excluding diaryl/α,β-unsaturated/α-hetero) is 1. The Labute approximate surface area is 310 Å². The highest BCUT2D eigenvalue weighted by Crippen LogP contribution is 2.20. The molecule has 4 aromatic rings. The highest BCUT2D eigenvalue weighted by Gasteiger charge is 2.28. The maximum atomic E-state index is 12.9. The number of likely N-dealkylation sites (tertiary alicyclic amines) is 1. The Hall–Kier alpha value is -4.53. The molecule has 2 aromatic carbocycles. The zero-order valence-electron chi connectivity index (χ0n) is 31.9. The van der Waals surface area contributed by atoms with Crippen LogP contribution in [0.4, 0.5) is 9.59 Å². The zero-order chi connectivity index (χ0) is 38.4. The van der Waals surface area contributed by atoms with Crippen molar-refractivity contribution in [2.24, 2.45) is 11.8 Å². The van der Waals surface area contributed by atoms with Gasteiger partial charge < -0.3 is 21.1 Å². The number of nitrogens with one attached hydrogen (secondary N) is 3. The van der Waals surface area contributed by atoms with Gasteiger partial charge >= 0.3 is 23.4 Å². The minimum atomic E-state index is -1.31. The molecule has 14 nitrogen and oxygen atoms in total. The van der Waals surface area contributed by atoms with E-state index in [1.807, 2.05) is 75.1 Å². The predicted molar refractivity (Wildman–Crippen MR) is 207 cm³/mol. The zero-order valence-corrected chi connectivity index (χ0v) is 31.9. The second kappa shape index (κ2) is 17.1. The first-order chi connectivity index (χ1) is 25.2. The summed E-state index contributed by atoms with van der Waals surface area (Å²) in [5.41, 5.74) is 0.894. The molecule has 4 N–H and O–H groups in total. The van der Waals surface area contributed by atoms with Crippen LogP contribution in [-0.2, 0) is 4.79 Å². The van der Waals surface area contributed by atoms with Gasteiger partial charge in [-0.2, -0.15) is 0 Å². The van der Waals surface area contributed by atoms with Crippen molar-refractivity contribution in [3.05, 3.63) is 69.5 Å². The van der Waals surface area contributed by atoms with Crippen LogP contribution in [0.1, 0.15) is 79.3 Å². The first-order valence-electron chi connectivity index (χ1n) is 18.9. The Kier molecular flexibility index (Phi) is 12.8. The summed E-state index contributed by atoms with van der Waals surface area (Å²) in [4.78, 5) is 65.0. The molecule has 14 heteroatoms. The van der Waals surface area contributed by atoms with E-state index in [2.05, 4.69) is 16.0 Å². The van der Waals surface area contributed by atoms with Crippen molar-refractivity contribution >= 4 is 39.9 Å². The van der Waals surface area contributed by atoms with E-state index in [0.29, 0.717) is 30.0 Å². The van der Waals surface area contributed by atoms with Crippen molar-refractivity contribution in [2.45, 2.75) is 84.9 Å². The number of nitrogens with zero attached hydrogens (tertiary/aromatic N) is 5. The minimum absolute atomic E-state index is 0.00543. The van der Waals surface area contributed by atoms with Crippen molar-refractivity contribution < 1.29 is 19.5 Å². The Morgan fingerprint density at radius 2 is 1.11 bits per heavy atom. The lowest BCUT2D eigenvalue weighted by molar-refractivity contribution is -0.135. The number of para-hydroxylation sites is 4. The molecule has 0 saturated carbocycles. The van der Waals surface area contributed by atoms with Gasteiger partial charge in [-0.15, -0.1) is 0 Å². The van der Waals surface area contributed by atoms with Gasteiger partial charge in [0.05, 0.1) is 28.6 Å². The molecule has 0 unspecified atom stereocenters. The lowest BCUT2D eigenvalue weighted by Gasteiger charge is -2.32. The van der Waals surface area contributed by atoms with Gasteiger partial charge in [-0.3, -0.25) is 18.8 Å². The molecule has 2 amide bonds. The van der Waals surface area contributed by atoms with Crippen molar-refractivity contribution in [3.63, 3.8) is 0 Å². The third-order valence-corrected chi connectivity index (χ3v) is 10.3. The lowest BCUT2D eigenvalue weighted by Crippen LogP contribution is -2.46. The summed E-state index contributed by atoms with van der Waals surface area (Å²) in [6.07, 6.45) is 3.82. The van der Waals surface area contributed by atoms with Crippen molar-refractivity contribution in [1.29, 1.82) is 0 Å². The molecule has 2 aliphatic heterocycles. The maximum absolute atomic E-state index is 12.9. The number of rotatable bonds is 9. The summed E-state index contributed by atoms with van der Waals surface area (Å²) in [5, 5.41) is 19.0. The maximum Gasteiger partial charge on any atom is 0.337 e. The third kappa shape index (κ3) is 9.17. The second-order valence-corrected chi connectivity index (χ2v) is 15.4. The molecule has 53 heavy (non-hydrogen) atoms. The van der Waals surface area contributed by atoms with E-state index in [4.69, 9.17) is 0 Å². The summed E-state index contributed by atoms with van der Waals surface area (Å²) in [6, 6.07) is 14.0. The van der Waals surface area contributed by atoms with E-state index in [9.17, 15) is 29.1 Å². The smallest absolute Gasteiger partial charge is 0.337 e. The van der Waals surface area contributed by atoms with Crippen LogP contribution in [0.15, 0.2) is 58.1 Å². The molecule has 2 aromatic heterocycles. The molecular weight excluding hydrogens is 676 g/mol. The topological polar surface area (TPSA) is 165 Å². The average Bonchev–Trinajstić information content (AvgIpc) is 3.60. The van der Waals surface area contributed by atoms with Gasteiger partial charge in [-0.25, -0.2) is 28.3 Å². The molecule has 0 atom stereocenters. The molecule has 0 aliphatic carbocycles. The van der Waals surface area contributed by atoms with Crippen LogP contribution >= 0.6 is 0 Å². The van der Waals surface area contributed by atoms with E-state index in [1.54, 1.807) is 15.2 Å². The van der Waals surface area contributed by atoms with Crippen molar-refractivity contribution in [2.75, 3.05) is 45.8 Å².